The number of halogens is 2. The predicted octanol–water partition coefficient (Wildman–Crippen LogP) is 1.79. The highest BCUT2D eigenvalue weighted by Crippen LogP contribution is 2.40. The molecule has 0 saturated carbocycles. The third-order valence-electron chi connectivity index (χ3n) is 3.73. The molecule has 1 aliphatic rings. The fraction of sp³-hybridized carbons (Fsp3) is 0.429. The van der Waals surface area contributed by atoms with Crippen LogP contribution < -0.4 is 0 Å². The van der Waals surface area contributed by atoms with Crippen molar-refractivity contribution in [1.29, 1.82) is 0 Å². The van der Waals surface area contributed by atoms with Gasteiger partial charge in [0.05, 0.1) is 27.9 Å². The highest BCUT2D eigenvalue weighted by atomic mass is 35.5. The van der Waals surface area contributed by atoms with Gasteiger partial charge >= 0.3 is 0 Å². The van der Waals surface area contributed by atoms with Crippen LogP contribution >= 0.6 is 23.2 Å². The van der Waals surface area contributed by atoms with E-state index in [4.69, 9.17) is 32.7 Å². The summed E-state index contributed by atoms with van der Waals surface area (Å²) < 4.78 is 45.9. The van der Waals surface area contributed by atoms with Gasteiger partial charge in [-0.25, -0.2) is 18.1 Å². The zero-order valence-electron chi connectivity index (χ0n) is 12.8. The molecule has 3 rings (SSSR count). The first-order valence-electron chi connectivity index (χ1n) is 7.31. The van der Waals surface area contributed by atoms with Gasteiger partial charge in [0.2, 0.25) is 5.79 Å². The number of hydrogen-bond donors (Lipinski definition) is 0. The number of rotatable bonds is 6. The Kier molecular flexibility index (Phi) is 5.33. The van der Waals surface area contributed by atoms with Crippen LogP contribution in [-0.4, -0.2) is 46.2 Å². The lowest BCUT2D eigenvalue weighted by Crippen LogP contribution is -2.34. The second kappa shape index (κ2) is 7.18. The standard InChI is InChI=1S/C14H15Cl2N3O5S/c15-10-1-2-12(13(16)5-10)14(7-19-9-17-8-18-19)23-6-11(24-14)3-4-25(20,21)22/h1-2,5,8-9,11H,3-4,6-7H2,(H,20,21,22)/p-1. The number of ether oxygens (including phenoxy) is 2. The Bertz CT molecular complexity index is 846. The molecule has 1 fully saturated rings. The van der Waals surface area contributed by atoms with Crippen molar-refractivity contribution >= 4 is 33.3 Å². The maximum atomic E-state index is 10.9. The number of benzene rings is 1. The second-order valence-corrected chi connectivity index (χ2v) is 7.94. The predicted molar refractivity (Wildman–Crippen MR) is 88.2 cm³/mol. The molecule has 0 N–H and O–H groups in total. The molecule has 0 radical (unpaired) electrons. The molecule has 2 heterocycles. The first kappa shape index (κ1) is 18.6. The molecule has 2 atom stereocenters. The summed E-state index contributed by atoms with van der Waals surface area (Å²) in [6.45, 7) is 0.262. The number of hydrogen-bond acceptors (Lipinski definition) is 7. The fourth-order valence-electron chi connectivity index (χ4n) is 2.62. The molecule has 0 aliphatic carbocycles. The summed E-state index contributed by atoms with van der Waals surface area (Å²) in [6, 6.07) is 4.88. The normalized spacial score (nSPS) is 23.9. The fourth-order valence-corrected chi connectivity index (χ4v) is 3.72. The SMILES string of the molecule is O=S(=O)([O-])CCC1COC(Cn2cncn2)(c2ccc(Cl)cc2Cl)O1. The molecule has 0 bridgehead atoms. The van der Waals surface area contributed by atoms with Gasteiger partial charge in [-0.1, -0.05) is 29.3 Å². The molecular weight excluding hydrogens is 393 g/mol. The Balaban J connectivity index is 1.88. The second-order valence-electron chi connectivity index (χ2n) is 5.57. The Labute approximate surface area is 154 Å². The van der Waals surface area contributed by atoms with Gasteiger partial charge in [-0.2, -0.15) is 5.10 Å². The molecule has 1 aliphatic heterocycles. The zero-order valence-corrected chi connectivity index (χ0v) is 15.2. The van der Waals surface area contributed by atoms with Gasteiger partial charge in [-0.3, -0.25) is 0 Å². The van der Waals surface area contributed by atoms with E-state index in [9.17, 15) is 13.0 Å². The van der Waals surface area contributed by atoms with Crippen molar-refractivity contribution < 1.29 is 22.4 Å². The van der Waals surface area contributed by atoms with Gasteiger partial charge in [-0.05, 0) is 18.6 Å². The lowest BCUT2D eigenvalue weighted by atomic mass is 10.1. The van der Waals surface area contributed by atoms with Crippen molar-refractivity contribution in [2.75, 3.05) is 12.4 Å². The monoisotopic (exact) mass is 406 g/mol. The largest absolute Gasteiger partial charge is 0.748 e. The minimum atomic E-state index is -4.33. The van der Waals surface area contributed by atoms with E-state index in [1.54, 1.807) is 18.2 Å². The molecule has 2 aromatic rings. The van der Waals surface area contributed by atoms with Gasteiger partial charge in [0.25, 0.3) is 0 Å². The van der Waals surface area contributed by atoms with Gasteiger partial charge in [0.1, 0.15) is 19.2 Å². The maximum absolute atomic E-state index is 10.9. The third kappa shape index (κ3) is 4.49. The maximum Gasteiger partial charge on any atom is 0.217 e. The first-order valence-corrected chi connectivity index (χ1v) is 9.64. The van der Waals surface area contributed by atoms with Crippen LogP contribution in [0.1, 0.15) is 12.0 Å². The van der Waals surface area contributed by atoms with E-state index in [0.717, 1.165) is 0 Å². The van der Waals surface area contributed by atoms with Crippen molar-refractivity contribution in [1.82, 2.24) is 14.8 Å². The van der Waals surface area contributed by atoms with Crippen molar-refractivity contribution in [3.8, 4) is 0 Å². The van der Waals surface area contributed by atoms with Crippen LogP contribution in [0.5, 0.6) is 0 Å². The Morgan fingerprint density at radius 3 is 2.84 bits per heavy atom. The molecule has 0 amide bonds. The quantitative estimate of drug-likeness (QED) is 0.672. The highest BCUT2D eigenvalue weighted by molar-refractivity contribution is 7.85. The van der Waals surface area contributed by atoms with E-state index in [1.807, 2.05) is 0 Å². The molecule has 2 unspecified atom stereocenters. The lowest BCUT2D eigenvalue weighted by Gasteiger charge is -2.29. The van der Waals surface area contributed by atoms with Crippen LogP contribution in [0.25, 0.3) is 0 Å². The van der Waals surface area contributed by atoms with Crippen LogP contribution in [0.2, 0.25) is 10.0 Å². The van der Waals surface area contributed by atoms with E-state index in [0.29, 0.717) is 15.6 Å². The summed E-state index contributed by atoms with van der Waals surface area (Å²) in [4.78, 5) is 3.88. The van der Waals surface area contributed by atoms with Crippen LogP contribution in [0.4, 0.5) is 0 Å². The van der Waals surface area contributed by atoms with Gasteiger partial charge in [-0.15, -0.1) is 0 Å². The minimum Gasteiger partial charge on any atom is -0.748 e. The summed E-state index contributed by atoms with van der Waals surface area (Å²) in [7, 11) is -4.33. The van der Waals surface area contributed by atoms with Crippen LogP contribution in [0, 0.1) is 0 Å². The van der Waals surface area contributed by atoms with Crippen molar-refractivity contribution in [2.24, 2.45) is 0 Å². The highest BCUT2D eigenvalue weighted by Gasteiger charge is 2.45. The molecule has 1 aromatic heterocycles. The summed E-state index contributed by atoms with van der Waals surface area (Å²) >= 11 is 12.2. The molecular formula is C14H14Cl2N3O5S-. The Hall–Kier alpha value is -1.23. The van der Waals surface area contributed by atoms with E-state index < -0.39 is 27.8 Å². The molecule has 1 aromatic carbocycles. The molecule has 0 spiro atoms. The summed E-state index contributed by atoms with van der Waals surface area (Å²) in [5, 5.41) is 4.83. The lowest BCUT2D eigenvalue weighted by molar-refractivity contribution is -0.188. The molecule has 136 valence electrons. The van der Waals surface area contributed by atoms with E-state index >= 15 is 0 Å². The van der Waals surface area contributed by atoms with Crippen molar-refractivity contribution in [3.05, 3.63) is 46.5 Å². The minimum absolute atomic E-state index is 0.0240. The molecule has 11 heteroatoms. The first-order chi connectivity index (χ1) is 11.8. The van der Waals surface area contributed by atoms with Crippen molar-refractivity contribution in [2.45, 2.75) is 24.9 Å². The van der Waals surface area contributed by atoms with Crippen molar-refractivity contribution in [3.63, 3.8) is 0 Å². The zero-order chi connectivity index (χ0) is 18.1. The molecule has 8 nitrogen and oxygen atoms in total. The van der Waals surface area contributed by atoms with Crippen LogP contribution in [0.3, 0.4) is 0 Å². The summed E-state index contributed by atoms with van der Waals surface area (Å²) in [5.41, 5.74) is 0.529. The Morgan fingerprint density at radius 2 is 2.20 bits per heavy atom. The smallest absolute Gasteiger partial charge is 0.217 e. The summed E-state index contributed by atoms with van der Waals surface area (Å²) in [6.07, 6.45) is 2.32. The molecule has 1 saturated heterocycles. The molecule has 25 heavy (non-hydrogen) atoms. The van der Waals surface area contributed by atoms with Gasteiger partial charge in [0.15, 0.2) is 0 Å². The average Bonchev–Trinajstić information content (AvgIpc) is 3.15. The van der Waals surface area contributed by atoms with E-state index in [-0.39, 0.29) is 19.6 Å². The Morgan fingerprint density at radius 1 is 1.40 bits per heavy atom. The summed E-state index contributed by atoms with van der Waals surface area (Å²) in [5.74, 6) is -1.82. The topological polar surface area (TPSA) is 106 Å². The van der Waals surface area contributed by atoms with Gasteiger partial charge in [0, 0.05) is 16.3 Å². The van der Waals surface area contributed by atoms with E-state index in [1.165, 1.54) is 17.3 Å². The van der Waals surface area contributed by atoms with Crippen LogP contribution in [-0.2, 0) is 31.9 Å². The van der Waals surface area contributed by atoms with E-state index in [2.05, 4.69) is 10.1 Å². The third-order valence-corrected chi connectivity index (χ3v) is 5.01. The number of nitrogens with zero attached hydrogens (tertiary/aromatic N) is 3. The van der Waals surface area contributed by atoms with Crippen LogP contribution in [0.15, 0.2) is 30.9 Å². The van der Waals surface area contributed by atoms with Gasteiger partial charge < -0.3 is 14.0 Å². The average molecular weight is 407 g/mol. The number of aromatic nitrogens is 3.